The van der Waals surface area contributed by atoms with Crippen LogP contribution in [0.5, 0.6) is 0 Å². The number of nitrogens with one attached hydrogen (secondary N) is 1. The van der Waals surface area contributed by atoms with Crippen LogP contribution in [0.3, 0.4) is 0 Å². The van der Waals surface area contributed by atoms with Crippen molar-refractivity contribution in [3.8, 4) is 0 Å². The Labute approximate surface area is 108 Å². The average molecular weight is 252 g/mol. The minimum atomic E-state index is -0.608. The van der Waals surface area contributed by atoms with Crippen LogP contribution in [0.4, 0.5) is 4.39 Å². The van der Waals surface area contributed by atoms with Crippen LogP contribution in [-0.4, -0.2) is 29.9 Å². The highest BCUT2D eigenvalue weighted by Crippen LogP contribution is 2.12. The molecule has 18 heavy (non-hydrogen) atoms. The van der Waals surface area contributed by atoms with Crippen LogP contribution < -0.4 is 5.32 Å². The molecule has 0 aliphatic rings. The molecule has 1 rings (SSSR count). The first-order valence-corrected chi connectivity index (χ1v) is 6.13. The summed E-state index contributed by atoms with van der Waals surface area (Å²) in [4.78, 5) is 14.0. The minimum absolute atomic E-state index is 0.0109. The Morgan fingerprint density at radius 2 is 2.11 bits per heavy atom. The molecular weight excluding hydrogens is 231 g/mol. The van der Waals surface area contributed by atoms with Crippen LogP contribution in [0, 0.1) is 5.82 Å². The van der Waals surface area contributed by atoms with Gasteiger partial charge in [0.25, 0.3) is 0 Å². The Kier molecular flexibility index (Phi) is 4.84. The highest BCUT2D eigenvalue weighted by atomic mass is 19.1. The highest BCUT2D eigenvalue weighted by molar-refractivity contribution is 5.85. The zero-order valence-electron chi connectivity index (χ0n) is 11.5. The molecule has 0 heterocycles. The molecule has 4 heteroatoms. The van der Waals surface area contributed by atoms with E-state index < -0.39 is 5.54 Å². The minimum Gasteiger partial charge on any atom is -0.337 e. The summed E-state index contributed by atoms with van der Waals surface area (Å²) in [5.74, 6) is -0.263. The van der Waals surface area contributed by atoms with Gasteiger partial charge in [-0.15, -0.1) is 0 Å². The molecule has 0 aliphatic carbocycles. The summed E-state index contributed by atoms with van der Waals surface area (Å²) in [5, 5.41) is 2.99. The van der Waals surface area contributed by atoms with Crippen LogP contribution in [0.25, 0.3) is 0 Å². The van der Waals surface area contributed by atoms with Crippen molar-refractivity contribution < 1.29 is 9.18 Å². The summed E-state index contributed by atoms with van der Waals surface area (Å²) >= 11 is 0. The van der Waals surface area contributed by atoms with Crippen LogP contribution in [-0.2, 0) is 11.3 Å². The van der Waals surface area contributed by atoms with E-state index in [4.69, 9.17) is 0 Å². The van der Waals surface area contributed by atoms with Gasteiger partial charge < -0.3 is 10.2 Å². The number of halogens is 1. The second-order valence-corrected chi connectivity index (χ2v) is 4.82. The Balaban J connectivity index is 2.82. The molecule has 1 aromatic carbocycles. The topological polar surface area (TPSA) is 32.3 Å². The molecule has 1 amide bonds. The maximum atomic E-state index is 13.1. The quantitative estimate of drug-likeness (QED) is 0.871. The Morgan fingerprint density at radius 1 is 1.44 bits per heavy atom. The Morgan fingerprint density at radius 3 is 2.61 bits per heavy atom. The van der Waals surface area contributed by atoms with E-state index in [1.165, 1.54) is 12.1 Å². The van der Waals surface area contributed by atoms with Gasteiger partial charge in [-0.1, -0.05) is 12.1 Å². The lowest BCUT2D eigenvalue weighted by atomic mass is 10.0. The molecule has 0 bridgehead atoms. The first kappa shape index (κ1) is 14.6. The van der Waals surface area contributed by atoms with Gasteiger partial charge in [0.2, 0.25) is 5.91 Å². The fourth-order valence-electron chi connectivity index (χ4n) is 1.69. The predicted octanol–water partition coefficient (Wildman–Crippen LogP) is 2.17. The lowest BCUT2D eigenvalue weighted by Gasteiger charge is -2.31. The molecule has 0 unspecified atom stereocenters. The molecule has 1 N–H and O–H groups in total. The fraction of sp³-hybridized carbons (Fsp3) is 0.500. The summed E-state index contributed by atoms with van der Waals surface area (Å²) < 4.78 is 13.1. The number of nitrogens with zero attached hydrogens (tertiary/aromatic N) is 1. The number of rotatable bonds is 5. The van der Waals surface area contributed by atoms with Crippen molar-refractivity contribution in [1.82, 2.24) is 10.2 Å². The van der Waals surface area contributed by atoms with E-state index in [2.05, 4.69) is 5.32 Å². The fourth-order valence-corrected chi connectivity index (χ4v) is 1.69. The molecule has 0 atom stereocenters. The molecule has 0 fully saturated rings. The molecule has 0 aromatic heterocycles. The first-order chi connectivity index (χ1) is 8.40. The second kappa shape index (κ2) is 5.96. The summed E-state index contributed by atoms with van der Waals surface area (Å²) in [6, 6.07) is 6.35. The lowest BCUT2D eigenvalue weighted by Crippen LogP contribution is -2.52. The van der Waals surface area contributed by atoms with Crippen molar-refractivity contribution in [3.05, 3.63) is 35.6 Å². The van der Waals surface area contributed by atoms with Crippen LogP contribution >= 0.6 is 0 Å². The van der Waals surface area contributed by atoms with E-state index >= 15 is 0 Å². The van der Waals surface area contributed by atoms with Gasteiger partial charge in [-0.2, -0.15) is 0 Å². The SMILES string of the molecule is CCN(Cc1cccc(F)c1)C(=O)C(C)(C)NC. The number of carbonyl (C=O) groups excluding carboxylic acids is 1. The van der Waals surface area contributed by atoms with E-state index in [0.29, 0.717) is 13.1 Å². The summed E-state index contributed by atoms with van der Waals surface area (Å²) in [5.41, 5.74) is 0.195. The second-order valence-electron chi connectivity index (χ2n) is 4.82. The third-order valence-electron chi connectivity index (χ3n) is 3.09. The zero-order valence-corrected chi connectivity index (χ0v) is 11.5. The van der Waals surface area contributed by atoms with Crippen molar-refractivity contribution in [2.75, 3.05) is 13.6 Å². The molecule has 0 saturated carbocycles. The normalized spacial score (nSPS) is 11.4. The Hall–Kier alpha value is -1.42. The maximum Gasteiger partial charge on any atom is 0.242 e. The van der Waals surface area contributed by atoms with Crippen LogP contribution in [0.15, 0.2) is 24.3 Å². The number of hydrogen-bond donors (Lipinski definition) is 1. The molecule has 0 aliphatic heterocycles. The molecule has 0 saturated heterocycles. The first-order valence-electron chi connectivity index (χ1n) is 6.13. The number of hydrogen-bond acceptors (Lipinski definition) is 2. The standard InChI is InChI=1S/C14H21FN2O/c1-5-17(13(18)14(2,3)16-4)10-11-7-6-8-12(15)9-11/h6-9,16H,5,10H2,1-4H3. The van der Waals surface area contributed by atoms with Gasteiger partial charge in [0, 0.05) is 13.1 Å². The molecule has 100 valence electrons. The van der Waals surface area contributed by atoms with Gasteiger partial charge in [0.15, 0.2) is 0 Å². The summed E-state index contributed by atoms with van der Waals surface area (Å²) in [6.45, 7) is 6.62. The molecule has 3 nitrogen and oxygen atoms in total. The highest BCUT2D eigenvalue weighted by Gasteiger charge is 2.29. The van der Waals surface area contributed by atoms with Gasteiger partial charge in [0.1, 0.15) is 5.82 Å². The molecule has 1 aromatic rings. The number of carbonyl (C=O) groups is 1. The van der Waals surface area contributed by atoms with Gasteiger partial charge in [0.05, 0.1) is 5.54 Å². The van der Waals surface area contributed by atoms with E-state index in [1.807, 2.05) is 26.8 Å². The van der Waals surface area contributed by atoms with E-state index in [9.17, 15) is 9.18 Å². The van der Waals surface area contributed by atoms with Gasteiger partial charge >= 0.3 is 0 Å². The van der Waals surface area contributed by atoms with Crippen molar-refractivity contribution in [3.63, 3.8) is 0 Å². The zero-order chi connectivity index (χ0) is 13.8. The third kappa shape index (κ3) is 3.53. The molecule has 0 radical (unpaired) electrons. The summed E-state index contributed by atoms with van der Waals surface area (Å²) in [6.07, 6.45) is 0. The van der Waals surface area contributed by atoms with Crippen molar-refractivity contribution >= 4 is 5.91 Å². The maximum absolute atomic E-state index is 13.1. The largest absolute Gasteiger partial charge is 0.337 e. The summed E-state index contributed by atoms with van der Waals surface area (Å²) in [7, 11) is 1.76. The van der Waals surface area contributed by atoms with Crippen LogP contribution in [0.2, 0.25) is 0 Å². The Bertz CT molecular complexity index is 418. The average Bonchev–Trinajstić information content (AvgIpc) is 2.35. The number of amides is 1. The van der Waals surface area contributed by atoms with E-state index in [-0.39, 0.29) is 11.7 Å². The van der Waals surface area contributed by atoms with Crippen LogP contribution in [0.1, 0.15) is 26.3 Å². The van der Waals surface area contributed by atoms with Crippen molar-refractivity contribution in [2.24, 2.45) is 0 Å². The smallest absolute Gasteiger partial charge is 0.242 e. The third-order valence-corrected chi connectivity index (χ3v) is 3.09. The monoisotopic (exact) mass is 252 g/mol. The van der Waals surface area contributed by atoms with E-state index in [0.717, 1.165) is 5.56 Å². The van der Waals surface area contributed by atoms with Crippen molar-refractivity contribution in [2.45, 2.75) is 32.9 Å². The van der Waals surface area contributed by atoms with Crippen molar-refractivity contribution in [1.29, 1.82) is 0 Å². The van der Waals surface area contributed by atoms with Gasteiger partial charge in [-0.05, 0) is 45.5 Å². The van der Waals surface area contributed by atoms with Gasteiger partial charge in [-0.3, -0.25) is 4.79 Å². The molecular formula is C14H21FN2O. The van der Waals surface area contributed by atoms with Gasteiger partial charge in [-0.25, -0.2) is 4.39 Å². The number of likely N-dealkylation sites (N-methyl/N-ethyl adjacent to an activating group) is 2. The lowest BCUT2D eigenvalue weighted by molar-refractivity contribution is -0.137. The number of benzene rings is 1. The molecule has 0 spiro atoms. The predicted molar refractivity (Wildman–Crippen MR) is 70.6 cm³/mol. The van der Waals surface area contributed by atoms with E-state index in [1.54, 1.807) is 18.0 Å².